The summed E-state index contributed by atoms with van der Waals surface area (Å²) in [5, 5.41) is 7.24. The Morgan fingerprint density at radius 2 is 2.12 bits per heavy atom. The zero-order valence-corrected chi connectivity index (χ0v) is 9.21. The molecule has 0 radical (unpaired) electrons. The largest absolute Gasteiger partial charge is 0.493 e. The summed E-state index contributed by atoms with van der Waals surface area (Å²) in [5.74, 6) is 1.16. The number of aromatic nitrogens is 3. The normalized spacial score (nSPS) is 10.3. The Morgan fingerprint density at radius 1 is 1.31 bits per heavy atom. The summed E-state index contributed by atoms with van der Waals surface area (Å²) in [7, 11) is 0. The fraction of sp³-hybridized carbons (Fsp3) is 0.200. The van der Waals surface area contributed by atoms with E-state index < -0.39 is 0 Å². The van der Waals surface area contributed by atoms with Crippen LogP contribution in [-0.2, 0) is 0 Å². The summed E-state index contributed by atoms with van der Waals surface area (Å²) >= 11 is 1.52. The molecule has 0 aliphatic heterocycles. The highest BCUT2D eigenvalue weighted by Gasteiger charge is 1.97. The number of H-pyrrole nitrogens is 1. The van der Waals surface area contributed by atoms with Crippen LogP contribution in [0.2, 0.25) is 0 Å². The maximum absolute atomic E-state index is 12.6. The molecule has 0 saturated heterocycles. The van der Waals surface area contributed by atoms with E-state index in [4.69, 9.17) is 4.74 Å². The Bertz CT molecular complexity index is 418. The van der Waals surface area contributed by atoms with Gasteiger partial charge in [0.2, 0.25) is 0 Å². The highest BCUT2D eigenvalue weighted by Crippen LogP contribution is 2.13. The van der Waals surface area contributed by atoms with Gasteiger partial charge < -0.3 is 4.74 Å². The van der Waals surface area contributed by atoms with Crippen LogP contribution in [-0.4, -0.2) is 27.5 Å². The van der Waals surface area contributed by atoms with Crippen molar-refractivity contribution in [3.8, 4) is 5.75 Å². The van der Waals surface area contributed by atoms with Crippen LogP contribution in [0.15, 0.2) is 35.7 Å². The molecule has 1 aromatic carbocycles. The number of rotatable bonds is 5. The first-order chi connectivity index (χ1) is 7.84. The molecule has 84 valence electrons. The molecule has 1 N–H and O–H groups in total. The average molecular weight is 239 g/mol. The zero-order valence-electron chi connectivity index (χ0n) is 8.39. The number of hydrogen-bond acceptors (Lipinski definition) is 4. The van der Waals surface area contributed by atoms with Crippen LogP contribution in [0.4, 0.5) is 4.39 Å². The molecule has 1 aromatic heterocycles. The van der Waals surface area contributed by atoms with Crippen molar-refractivity contribution in [2.24, 2.45) is 0 Å². The molecule has 16 heavy (non-hydrogen) atoms. The quantitative estimate of drug-likeness (QED) is 0.641. The molecule has 0 fully saturated rings. The Balaban J connectivity index is 1.70. The van der Waals surface area contributed by atoms with Crippen molar-refractivity contribution >= 4 is 11.8 Å². The van der Waals surface area contributed by atoms with Crippen molar-refractivity contribution in [1.82, 2.24) is 15.2 Å². The van der Waals surface area contributed by atoms with Gasteiger partial charge in [-0.3, -0.25) is 5.10 Å². The predicted molar refractivity (Wildman–Crippen MR) is 59.0 cm³/mol. The van der Waals surface area contributed by atoms with Gasteiger partial charge in [0.15, 0.2) is 5.16 Å². The lowest BCUT2D eigenvalue weighted by atomic mass is 10.3. The van der Waals surface area contributed by atoms with E-state index in [1.54, 1.807) is 12.1 Å². The Kier molecular flexibility index (Phi) is 3.76. The van der Waals surface area contributed by atoms with Crippen molar-refractivity contribution in [2.75, 3.05) is 12.4 Å². The molecule has 2 rings (SSSR count). The van der Waals surface area contributed by atoms with Gasteiger partial charge in [-0.1, -0.05) is 11.8 Å². The lowest BCUT2D eigenvalue weighted by Gasteiger charge is -2.04. The maximum Gasteiger partial charge on any atom is 0.183 e. The van der Waals surface area contributed by atoms with E-state index in [9.17, 15) is 4.39 Å². The van der Waals surface area contributed by atoms with Gasteiger partial charge in [-0.2, -0.15) is 5.10 Å². The highest BCUT2D eigenvalue weighted by molar-refractivity contribution is 7.99. The van der Waals surface area contributed by atoms with Crippen LogP contribution in [0, 0.1) is 5.82 Å². The minimum atomic E-state index is -0.261. The Labute approximate surface area is 96.2 Å². The van der Waals surface area contributed by atoms with Crippen LogP contribution in [0.1, 0.15) is 0 Å². The molecular weight excluding hydrogens is 229 g/mol. The van der Waals surface area contributed by atoms with Crippen LogP contribution in [0.25, 0.3) is 0 Å². The summed E-state index contributed by atoms with van der Waals surface area (Å²) in [5.41, 5.74) is 0. The Hall–Kier alpha value is -1.56. The molecule has 0 aliphatic rings. The molecule has 0 saturated carbocycles. The van der Waals surface area contributed by atoms with Crippen LogP contribution < -0.4 is 4.74 Å². The first-order valence-electron chi connectivity index (χ1n) is 4.71. The van der Waals surface area contributed by atoms with E-state index in [-0.39, 0.29) is 5.82 Å². The SMILES string of the molecule is Fc1ccc(OCCSc2ncn[nH]2)cc1. The van der Waals surface area contributed by atoms with Gasteiger partial charge in [0.1, 0.15) is 17.9 Å². The monoisotopic (exact) mass is 239 g/mol. The summed E-state index contributed by atoms with van der Waals surface area (Å²) in [6.07, 6.45) is 1.46. The number of hydrogen-bond donors (Lipinski definition) is 1. The molecule has 6 heteroatoms. The van der Waals surface area contributed by atoms with Crippen molar-refractivity contribution in [3.05, 3.63) is 36.4 Å². The van der Waals surface area contributed by atoms with Crippen molar-refractivity contribution in [1.29, 1.82) is 0 Å². The van der Waals surface area contributed by atoms with E-state index in [0.29, 0.717) is 12.4 Å². The van der Waals surface area contributed by atoms with E-state index in [0.717, 1.165) is 10.9 Å². The van der Waals surface area contributed by atoms with Gasteiger partial charge in [0.05, 0.1) is 6.61 Å². The molecule has 0 aliphatic carbocycles. The molecule has 0 spiro atoms. The lowest BCUT2D eigenvalue weighted by molar-refractivity contribution is 0.343. The van der Waals surface area contributed by atoms with Gasteiger partial charge in [0, 0.05) is 5.75 Å². The number of thioether (sulfide) groups is 1. The molecule has 0 unspecified atom stereocenters. The van der Waals surface area contributed by atoms with E-state index in [1.807, 2.05) is 0 Å². The second kappa shape index (κ2) is 5.50. The molecule has 2 aromatic rings. The lowest BCUT2D eigenvalue weighted by Crippen LogP contribution is -2.00. The highest BCUT2D eigenvalue weighted by atomic mass is 32.2. The molecular formula is C10H10FN3OS. The number of nitrogens with one attached hydrogen (secondary N) is 1. The number of ether oxygens (including phenoxy) is 1. The van der Waals surface area contributed by atoms with Crippen LogP contribution >= 0.6 is 11.8 Å². The van der Waals surface area contributed by atoms with E-state index in [2.05, 4.69) is 15.2 Å². The molecule has 0 bridgehead atoms. The fourth-order valence-electron chi connectivity index (χ4n) is 1.09. The fourth-order valence-corrected chi connectivity index (χ4v) is 1.69. The van der Waals surface area contributed by atoms with Crippen molar-refractivity contribution < 1.29 is 9.13 Å². The van der Waals surface area contributed by atoms with Gasteiger partial charge in [-0.15, -0.1) is 0 Å². The first-order valence-corrected chi connectivity index (χ1v) is 5.70. The third kappa shape index (κ3) is 3.23. The summed E-state index contributed by atoms with van der Waals surface area (Å²) in [6, 6.07) is 5.96. The number of halogens is 1. The number of benzene rings is 1. The minimum absolute atomic E-state index is 0.261. The standard InChI is InChI=1S/C10H10FN3OS/c11-8-1-3-9(4-2-8)15-5-6-16-10-12-7-13-14-10/h1-4,7H,5-6H2,(H,12,13,14). The molecule has 1 heterocycles. The molecule has 4 nitrogen and oxygen atoms in total. The van der Waals surface area contributed by atoms with Gasteiger partial charge in [-0.05, 0) is 24.3 Å². The molecule has 0 amide bonds. The predicted octanol–water partition coefficient (Wildman–Crippen LogP) is 2.11. The van der Waals surface area contributed by atoms with Crippen molar-refractivity contribution in [3.63, 3.8) is 0 Å². The van der Waals surface area contributed by atoms with E-state index >= 15 is 0 Å². The zero-order chi connectivity index (χ0) is 11.2. The minimum Gasteiger partial charge on any atom is -0.493 e. The second-order valence-electron chi connectivity index (χ2n) is 2.94. The summed E-state index contributed by atoms with van der Waals surface area (Å²) in [4.78, 5) is 3.96. The van der Waals surface area contributed by atoms with Crippen LogP contribution in [0.3, 0.4) is 0 Å². The third-order valence-corrected chi connectivity index (χ3v) is 2.64. The van der Waals surface area contributed by atoms with E-state index in [1.165, 1.54) is 30.2 Å². The van der Waals surface area contributed by atoms with Gasteiger partial charge in [0.25, 0.3) is 0 Å². The van der Waals surface area contributed by atoms with Gasteiger partial charge in [-0.25, -0.2) is 9.37 Å². The van der Waals surface area contributed by atoms with Crippen LogP contribution in [0.5, 0.6) is 5.75 Å². The summed E-state index contributed by atoms with van der Waals surface area (Å²) < 4.78 is 18.0. The number of nitrogens with zero attached hydrogens (tertiary/aromatic N) is 2. The maximum atomic E-state index is 12.6. The third-order valence-electron chi connectivity index (χ3n) is 1.80. The first kappa shape index (κ1) is 10.9. The van der Waals surface area contributed by atoms with Crippen molar-refractivity contribution in [2.45, 2.75) is 5.16 Å². The smallest absolute Gasteiger partial charge is 0.183 e. The molecule has 0 atom stereocenters. The number of aromatic amines is 1. The second-order valence-corrected chi connectivity index (χ2v) is 4.03. The topological polar surface area (TPSA) is 50.8 Å². The summed E-state index contributed by atoms with van der Waals surface area (Å²) in [6.45, 7) is 0.539. The Morgan fingerprint density at radius 3 is 2.81 bits per heavy atom. The average Bonchev–Trinajstić information content (AvgIpc) is 2.80. The van der Waals surface area contributed by atoms with Gasteiger partial charge >= 0.3 is 0 Å².